The second-order valence-corrected chi connectivity index (χ2v) is 9.35. The van der Waals surface area contributed by atoms with Gasteiger partial charge in [0.15, 0.2) is 0 Å². The topological polar surface area (TPSA) is 71.5 Å². The highest BCUT2D eigenvalue weighted by Crippen LogP contribution is 2.28. The smallest absolute Gasteiger partial charge is 0.490 e. The van der Waals surface area contributed by atoms with Crippen molar-refractivity contribution >= 4 is 5.97 Å². The number of benzene rings is 2. The summed E-state index contributed by atoms with van der Waals surface area (Å²) in [5.74, 6) is -0.146. The lowest BCUT2D eigenvalue weighted by atomic mass is 10.1. The van der Waals surface area contributed by atoms with Gasteiger partial charge in [-0.3, -0.25) is 0 Å². The molecule has 0 aromatic heterocycles. The normalized spacial score (nSPS) is 14.8. The van der Waals surface area contributed by atoms with E-state index >= 15 is 0 Å². The van der Waals surface area contributed by atoms with Gasteiger partial charge in [0.25, 0.3) is 0 Å². The lowest BCUT2D eigenvalue weighted by Crippen LogP contribution is -2.31. The molecule has 2 aromatic rings. The lowest BCUT2D eigenvalue weighted by Gasteiger charge is -2.26. The van der Waals surface area contributed by atoms with Gasteiger partial charge in [0.1, 0.15) is 23.4 Å². The molecule has 7 nitrogen and oxygen atoms in total. The van der Waals surface area contributed by atoms with Gasteiger partial charge in [0.2, 0.25) is 0 Å². The van der Waals surface area contributed by atoms with Gasteiger partial charge in [-0.15, -0.1) is 0 Å². The van der Waals surface area contributed by atoms with E-state index in [2.05, 4.69) is 48.2 Å². The largest absolute Gasteiger partial charge is 0.497 e. The van der Waals surface area contributed by atoms with Crippen LogP contribution in [0.2, 0.25) is 0 Å². The Balaban J connectivity index is 0.000000638. The maximum atomic E-state index is 10.6. The Hall–Kier alpha value is -2.98. The summed E-state index contributed by atoms with van der Waals surface area (Å²) in [6.45, 7) is 5.35. The highest BCUT2D eigenvalue weighted by molar-refractivity contribution is 5.73. The first-order chi connectivity index (χ1) is 18.1. The summed E-state index contributed by atoms with van der Waals surface area (Å²) in [5.41, 5.74) is 1.17. The summed E-state index contributed by atoms with van der Waals surface area (Å²) in [5, 5.41) is 7.12. The lowest BCUT2D eigenvalue weighted by molar-refractivity contribution is -0.192. The minimum atomic E-state index is -5.08. The van der Waals surface area contributed by atoms with Crippen molar-refractivity contribution in [2.24, 2.45) is 0 Å². The molecule has 1 atom stereocenters. The van der Waals surface area contributed by atoms with Crippen LogP contribution < -0.4 is 14.2 Å². The molecule has 0 radical (unpaired) electrons. The number of hydrogen-bond acceptors (Lipinski definition) is 6. The minimum absolute atomic E-state index is 0.0102. The predicted molar refractivity (Wildman–Crippen MR) is 140 cm³/mol. The third-order valence-electron chi connectivity index (χ3n) is 6.01. The number of likely N-dealkylation sites (tertiary alicyclic amines) is 1. The van der Waals surface area contributed by atoms with Gasteiger partial charge in [-0.25, -0.2) is 4.79 Å². The molecule has 10 heteroatoms. The van der Waals surface area contributed by atoms with Crippen LogP contribution >= 0.6 is 0 Å². The molecule has 0 saturated carbocycles. The summed E-state index contributed by atoms with van der Waals surface area (Å²) < 4.78 is 49.3. The minimum Gasteiger partial charge on any atom is -0.497 e. The van der Waals surface area contributed by atoms with Crippen LogP contribution in [0.1, 0.15) is 43.8 Å². The van der Waals surface area contributed by atoms with Crippen molar-refractivity contribution in [3.63, 3.8) is 0 Å². The van der Waals surface area contributed by atoms with E-state index in [0.717, 1.165) is 49.8 Å². The summed E-state index contributed by atoms with van der Waals surface area (Å²) in [7, 11) is 5.85. The Bertz CT molecular complexity index is 931. The molecule has 2 aromatic carbocycles. The molecule has 1 unspecified atom stereocenters. The average Bonchev–Trinajstić information content (AvgIpc) is 2.90. The van der Waals surface area contributed by atoms with Gasteiger partial charge in [-0.2, -0.15) is 13.2 Å². The fourth-order valence-electron chi connectivity index (χ4n) is 3.93. The molecule has 0 spiro atoms. The fraction of sp³-hybridized carbons (Fsp3) is 0.536. The maximum absolute atomic E-state index is 10.6. The molecule has 38 heavy (non-hydrogen) atoms. The van der Waals surface area contributed by atoms with Gasteiger partial charge in [-0.05, 0) is 88.4 Å². The summed E-state index contributed by atoms with van der Waals surface area (Å²) in [4.78, 5) is 13.6. The number of aliphatic carboxylic acids is 1. The van der Waals surface area contributed by atoms with Crippen molar-refractivity contribution in [1.29, 1.82) is 0 Å². The average molecular weight is 541 g/mol. The molecular weight excluding hydrogens is 501 g/mol. The standard InChI is InChI=1S/C26H38N2O3.C2HF3O2/c1-27(2)20-16-26(31-25-14-12-23(29-3)13-15-25)22-8-10-24(11-9-22)30-21-7-19-28-17-5-4-6-18-28;3-2(4,5)1(6)7/h8-15,26H,4-7,16-21H2,1-3H3;(H,6,7). The molecule has 212 valence electrons. The van der Waals surface area contributed by atoms with Crippen LogP contribution in [-0.2, 0) is 4.79 Å². The number of rotatable bonds is 12. The number of carboxylic acid groups (broad SMARTS) is 1. The Morgan fingerprint density at radius 1 is 0.974 bits per heavy atom. The van der Waals surface area contributed by atoms with Gasteiger partial charge in [0, 0.05) is 19.5 Å². The molecule has 1 fully saturated rings. The van der Waals surface area contributed by atoms with E-state index in [1.54, 1.807) is 7.11 Å². The molecule has 0 bridgehead atoms. The highest BCUT2D eigenvalue weighted by atomic mass is 19.4. The van der Waals surface area contributed by atoms with Crippen LogP contribution in [0, 0.1) is 0 Å². The predicted octanol–water partition coefficient (Wildman–Crippen LogP) is 5.66. The van der Waals surface area contributed by atoms with Crippen LogP contribution in [0.3, 0.4) is 0 Å². The molecule has 1 heterocycles. The number of alkyl halides is 3. The van der Waals surface area contributed by atoms with Crippen molar-refractivity contribution in [3.05, 3.63) is 54.1 Å². The van der Waals surface area contributed by atoms with E-state index in [9.17, 15) is 13.2 Å². The zero-order valence-electron chi connectivity index (χ0n) is 22.4. The van der Waals surface area contributed by atoms with Gasteiger partial charge >= 0.3 is 12.1 Å². The quantitative estimate of drug-likeness (QED) is 0.349. The Labute approximate surface area is 223 Å². The third-order valence-corrected chi connectivity index (χ3v) is 6.01. The van der Waals surface area contributed by atoms with Crippen LogP contribution in [0.5, 0.6) is 17.2 Å². The molecule has 0 aliphatic carbocycles. The highest BCUT2D eigenvalue weighted by Gasteiger charge is 2.38. The summed E-state index contributed by atoms with van der Waals surface area (Å²) in [6.07, 6.45) is 0.968. The van der Waals surface area contributed by atoms with E-state index in [0.29, 0.717) is 0 Å². The first kappa shape index (κ1) is 31.2. The van der Waals surface area contributed by atoms with E-state index in [1.165, 1.54) is 37.9 Å². The summed E-state index contributed by atoms with van der Waals surface area (Å²) in [6, 6.07) is 16.2. The van der Waals surface area contributed by atoms with E-state index in [-0.39, 0.29) is 6.10 Å². The van der Waals surface area contributed by atoms with Crippen LogP contribution in [0.25, 0.3) is 0 Å². The van der Waals surface area contributed by atoms with Crippen LogP contribution in [-0.4, -0.2) is 81.0 Å². The first-order valence-corrected chi connectivity index (χ1v) is 12.8. The Kier molecular flexibility index (Phi) is 13.2. The Morgan fingerprint density at radius 2 is 1.53 bits per heavy atom. The molecule has 1 aliphatic rings. The number of halogens is 3. The number of carboxylic acids is 1. The number of nitrogens with zero attached hydrogens (tertiary/aromatic N) is 2. The van der Waals surface area contributed by atoms with Crippen molar-refractivity contribution in [1.82, 2.24) is 9.80 Å². The molecule has 0 amide bonds. The van der Waals surface area contributed by atoms with E-state index < -0.39 is 12.1 Å². The number of ether oxygens (including phenoxy) is 3. The number of piperidine rings is 1. The second kappa shape index (κ2) is 16.1. The number of hydrogen-bond donors (Lipinski definition) is 1. The van der Waals surface area contributed by atoms with Crippen LogP contribution in [0.4, 0.5) is 13.2 Å². The first-order valence-electron chi connectivity index (χ1n) is 12.8. The SMILES string of the molecule is COc1ccc(OC(CCN(C)C)c2ccc(OCCCN3CCCCC3)cc2)cc1.O=C(O)C(F)(F)F. The van der Waals surface area contributed by atoms with Gasteiger partial charge in [0.05, 0.1) is 13.7 Å². The van der Waals surface area contributed by atoms with Gasteiger partial charge < -0.3 is 29.1 Å². The zero-order chi connectivity index (χ0) is 28.0. The third kappa shape index (κ3) is 12.0. The summed E-state index contributed by atoms with van der Waals surface area (Å²) >= 11 is 0. The van der Waals surface area contributed by atoms with Crippen LogP contribution in [0.15, 0.2) is 48.5 Å². The van der Waals surface area contributed by atoms with E-state index in [4.69, 9.17) is 24.1 Å². The van der Waals surface area contributed by atoms with Crippen molar-refractivity contribution in [2.45, 2.75) is 44.4 Å². The van der Waals surface area contributed by atoms with Crippen molar-refractivity contribution in [2.75, 3.05) is 54.0 Å². The van der Waals surface area contributed by atoms with Gasteiger partial charge in [-0.1, -0.05) is 18.6 Å². The maximum Gasteiger partial charge on any atom is 0.490 e. The molecule has 1 N–H and O–H groups in total. The molecular formula is C28H39F3N2O5. The number of methoxy groups -OCH3 is 1. The monoisotopic (exact) mass is 540 g/mol. The van der Waals surface area contributed by atoms with Crippen molar-refractivity contribution in [3.8, 4) is 17.2 Å². The molecule has 1 saturated heterocycles. The fourth-order valence-corrected chi connectivity index (χ4v) is 3.93. The molecule has 1 aliphatic heterocycles. The molecule has 3 rings (SSSR count). The second-order valence-electron chi connectivity index (χ2n) is 9.35. The number of carbonyl (C=O) groups is 1. The van der Waals surface area contributed by atoms with E-state index in [1.807, 2.05) is 24.3 Å². The van der Waals surface area contributed by atoms with Crippen molar-refractivity contribution < 1.29 is 37.3 Å². The Morgan fingerprint density at radius 3 is 2.05 bits per heavy atom. The zero-order valence-corrected chi connectivity index (χ0v) is 22.4.